The van der Waals surface area contributed by atoms with Gasteiger partial charge in [-0.3, -0.25) is 13.9 Å². The quantitative estimate of drug-likeness (QED) is 0.185. The van der Waals surface area contributed by atoms with Crippen molar-refractivity contribution < 1.29 is 5.11 Å². The highest BCUT2D eigenvalue weighted by Crippen LogP contribution is 2.17. The van der Waals surface area contributed by atoms with Crippen molar-refractivity contribution in [2.24, 2.45) is 0 Å². The molecule has 0 aliphatic rings. The Morgan fingerprint density at radius 1 is 0.921 bits per heavy atom. The third kappa shape index (κ3) is 6.23. The van der Waals surface area contributed by atoms with E-state index in [4.69, 9.17) is 10.7 Å². The van der Waals surface area contributed by atoms with Gasteiger partial charge in [0.2, 0.25) is 0 Å². The molecule has 0 spiro atoms. The van der Waals surface area contributed by atoms with Gasteiger partial charge in [0.1, 0.15) is 5.82 Å². The molecule has 0 aliphatic heterocycles. The Kier molecular flexibility index (Phi) is 9.15. The van der Waals surface area contributed by atoms with E-state index in [2.05, 4.69) is 5.32 Å². The Balaban J connectivity index is 1.80. The van der Waals surface area contributed by atoms with Crippen LogP contribution in [0.1, 0.15) is 43.6 Å². The average Bonchev–Trinajstić information content (AvgIpc) is 3.28. The molecule has 1 unspecified atom stereocenters. The number of rotatable bonds is 13. The molecule has 0 radical (unpaired) electrons. The van der Waals surface area contributed by atoms with E-state index in [1.807, 2.05) is 73.0 Å². The van der Waals surface area contributed by atoms with Crippen LogP contribution in [0.25, 0.3) is 11.2 Å². The number of aliphatic hydroxyl groups excluding tert-OH is 1. The lowest BCUT2D eigenvalue weighted by molar-refractivity contribution is 0.167. The predicted molar refractivity (Wildman–Crippen MR) is 152 cm³/mol. The van der Waals surface area contributed by atoms with E-state index in [1.54, 1.807) is 4.57 Å². The standard InChI is InChI=1S/C29H38N6O3/c1-3-16-35-28(37)26-27(34(29(35)38)17-14-21-10-12-23(30)13-11-21)32-25(19-22-8-6-5-7-9-22)33(26)18-15-31-20-24(36)4-2/h5-13,24,31,36H,3-4,14-20,30H2,1-2H3. The summed E-state index contributed by atoms with van der Waals surface area (Å²) in [4.78, 5) is 32.1. The van der Waals surface area contributed by atoms with Crippen LogP contribution in [0.4, 0.5) is 5.69 Å². The van der Waals surface area contributed by atoms with Crippen molar-refractivity contribution in [3.63, 3.8) is 0 Å². The van der Waals surface area contributed by atoms with Crippen LogP contribution in [0.3, 0.4) is 0 Å². The number of aryl methyl sites for hydroxylation is 2. The number of nitrogens with two attached hydrogens (primary N) is 1. The topological polar surface area (TPSA) is 120 Å². The van der Waals surface area contributed by atoms with E-state index in [-0.39, 0.29) is 11.2 Å². The van der Waals surface area contributed by atoms with E-state index in [0.29, 0.717) is 75.3 Å². The summed E-state index contributed by atoms with van der Waals surface area (Å²) in [6, 6.07) is 17.6. The molecular formula is C29H38N6O3. The number of nitrogens with zero attached hydrogens (tertiary/aromatic N) is 4. The van der Waals surface area contributed by atoms with Crippen molar-refractivity contribution in [2.45, 2.75) is 65.3 Å². The number of aromatic nitrogens is 4. The molecule has 0 saturated heterocycles. The van der Waals surface area contributed by atoms with Gasteiger partial charge < -0.3 is 20.7 Å². The molecule has 0 saturated carbocycles. The zero-order valence-electron chi connectivity index (χ0n) is 22.3. The van der Waals surface area contributed by atoms with Crippen LogP contribution in [0.15, 0.2) is 64.2 Å². The molecule has 202 valence electrons. The van der Waals surface area contributed by atoms with Crippen molar-refractivity contribution in [1.82, 2.24) is 24.0 Å². The number of anilines is 1. The fourth-order valence-corrected chi connectivity index (χ4v) is 4.64. The second-order valence-corrected chi connectivity index (χ2v) is 9.66. The third-order valence-corrected chi connectivity index (χ3v) is 6.81. The first-order valence-corrected chi connectivity index (χ1v) is 13.4. The molecule has 4 aromatic rings. The van der Waals surface area contributed by atoms with Crippen LogP contribution in [-0.2, 0) is 32.5 Å². The summed E-state index contributed by atoms with van der Waals surface area (Å²) in [5.74, 6) is 0.732. The fraction of sp³-hybridized carbons (Fsp3) is 0.414. The maximum Gasteiger partial charge on any atom is 0.332 e. The number of nitrogen functional groups attached to an aromatic ring is 1. The van der Waals surface area contributed by atoms with Gasteiger partial charge in [0.25, 0.3) is 5.56 Å². The summed E-state index contributed by atoms with van der Waals surface area (Å²) in [5.41, 5.74) is 8.87. The number of nitrogens with one attached hydrogen (secondary N) is 1. The summed E-state index contributed by atoms with van der Waals surface area (Å²) in [5, 5.41) is 13.2. The van der Waals surface area contributed by atoms with E-state index in [0.717, 1.165) is 17.0 Å². The van der Waals surface area contributed by atoms with E-state index < -0.39 is 6.10 Å². The lowest BCUT2D eigenvalue weighted by atomic mass is 10.1. The van der Waals surface area contributed by atoms with Crippen LogP contribution in [0, 0.1) is 0 Å². The second-order valence-electron chi connectivity index (χ2n) is 9.66. The number of fused-ring (bicyclic) bond motifs is 1. The molecule has 38 heavy (non-hydrogen) atoms. The lowest BCUT2D eigenvalue weighted by Crippen LogP contribution is -2.41. The summed E-state index contributed by atoms with van der Waals surface area (Å²) < 4.78 is 4.92. The molecule has 0 fully saturated rings. The van der Waals surface area contributed by atoms with Crippen molar-refractivity contribution in [2.75, 3.05) is 18.8 Å². The van der Waals surface area contributed by atoms with Gasteiger partial charge >= 0.3 is 5.69 Å². The number of imidazole rings is 1. The average molecular weight is 519 g/mol. The van der Waals surface area contributed by atoms with Crippen molar-refractivity contribution in [1.29, 1.82) is 0 Å². The number of hydrogen-bond acceptors (Lipinski definition) is 6. The minimum absolute atomic E-state index is 0.309. The summed E-state index contributed by atoms with van der Waals surface area (Å²) in [6.07, 6.45) is 2.06. The van der Waals surface area contributed by atoms with Crippen molar-refractivity contribution in [3.05, 3.63) is 92.4 Å². The lowest BCUT2D eigenvalue weighted by Gasteiger charge is -2.14. The molecule has 0 amide bonds. The zero-order valence-corrected chi connectivity index (χ0v) is 22.3. The summed E-state index contributed by atoms with van der Waals surface area (Å²) in [6.45, 7) is 6.16. The monoisotopic (exact) mass is 518 g/mol. The van der Waals surface area contributed by atoms with Crippen LogP contribution in [-0.4, -0.2) is 43.0 Å². The van der Waals surface area contributed by atoms with Gasteiger partial charge in [-0.15, -0.1) is 0 Å². The van der Waals surface area contributed by atoms with Gasteiger partial charge in [0.05, 0.1) is 6.10 Å². The molecule has 4 N–H and O–H groups in total. The Morgan fingerprint density at radius 2 is 1.66 bits per heavy atom. The second kappa shape index (κ2) is 12.7. The van der Waals surface area contributed by atoms with E-state index >= 15 is 0 Å². The Bertz CT molecular complexity index is 1450. The van der Waals surface area contributed by atoms with Crippen molar-refractivity contribution in [3.8, 4) is 0 Å². The Labute approximate surface area is 222 Å². The molecule has 9 nitrogen and oxygen atoms in total. The molecule has 2 aromatic heterocycles. The molecule has 2 aromatic carbocycles. The minimum atomic E-state index is -0.418. The number of aliphatic hydroxyl groups is 1. The fourth-order valence-electron chi connectivity index (χ4n) is 4.64. The summed E-state index contributed by atoms with van der Waals surface area (Å²) >= 11 is 0. The SMILES string of the molecule is CCCn1c(=O)c2c(nc(Cc3ccccc3)n2CCNCC(O)CC)n(CCc2ccc(N)cc2)c1=O. The minimum Gasteiger partial charge on any atom is -0.399 e. The molecular weight excluding hydrogens is 480 g/mol. The van der Waals surface area contributed by atoms with Gasteiger partial charge in [-0.2, -0.15) is 0 Å². The Hall–Kier alpha value is -3.69. The van der Waals surface area contributed by atoms with Gasteiger partial charge in [-0.1, -0.05) is 56.3 Å². The molecule has 9 heteroatoms. The molecule has 0 bridgehead atoms. The highest BCUT2D eigenvalue weighted by atomic mass is 16.3. The molecule has 4 rings (SSSR count). The highest BCUT2D eigenvalue weighted by molar-refractivity contribution is 5.71. The maximum atomic E-state index is 13.7. The first kappa shape index (κ1) is 27.3. The van der Waals surface area contributed by atoms with Crippen LogP contribution >= 0.6 is 0 Å². The first-order chi connectivity index (χ1) is 18.4. The Morgan fingerprint density at radius 3 is 2.34 bits per heavy atom. The van der Waals surface area contributed by atoms with Crippen LogP contribution < -0.4 is 22.3 Å². The third-order valence-electron chi connectivity index (χ3n) is 6.81. The van der Waals surface area contributed by atoms with Crippen LogP contribution in [0.2, 0.25) is 0 Å². The summed E-state index contributed by atoms with van der Waals surface area (Å²) in [7, 11) is 0. The largest absolute Gasteiger partial charge is 0.399 e. The smallest absolute Gasteiger partial charge is 0.332 e. The normalized spacial score (nSPS) is 12.3. The van der Waals surface area contributed by atoms with Gasteiger partial charge in [-0.25, -0.2) is 9.78 Å². The number of benzene rings is 2. The molecule has 2 heterocycles. The molecule has 1 atom stereocenters. The predicted octanol–water partition coefficient (Wildman–Crippen LogP) is 2.55. The van der Waals surface area contributed by atoms with Gasteiger partial charge in [-0.05, 0) is 42.5 Å². The first-order valence-electron chi connectivity index (χ1n) is 13.4. The van der Waals surface area contributed by atoms with Gasteiger partial charge in [0.15, 0.2) is 11.2 Å². The zero-order chi connectivity index (χ0) is 27.1. The van der Waals surface area contributed by atoms with Crippen LogP contribution in [0.5, 0.6) is 0 Å². The van der Waals surface area contributed by atoms with E-state index in [1.165, 1.54) is 4.57 Å². The molecule has 0 aliphatic carbocycles. The van der Waals surface area contributed by atoms with Crippen molar-refractivity contribution >= 4 is 16.9 Å². The van der Waals surface area contributed by atoms with E-state index in [9.17, 15) is 14.7 Å². The highest BCUT2D eigenvalue weighted by Gasteiger charge is 2.21. The maximum absolute atomic E-state index is 13.7. The van der Waals surface area contributed by atoms with Gasteiger partial charge in [0, 0.05) is 44.8 Å². The number of hydrogen-bond donors (Lipinski definition) is 3.